The lowest BCUT2D eigenvalue weighted by molar-refractivity contribution is -0.119. The number of rotatable bonds is 7. The van der Waals surface area contributed by atoms with Crippen LogP contribution >= 0.6 is 23.4 Å². The molecule has 2 aromatic carbocycles. The number of carbonyl (C=O) groups is 1. The number of halogens is 1. The standard InChI is InChI=1S/C21H22ClN3O2S/c1-12(2)19(21-24-20(25-27-21)14-9-10-14)23-17(26)11-28-16-8-4-6-13-5-3-7-15(22)18(13)16/h3-8,12,14,19H,9-11H2,1-2H3,(H,23,26). The fourth-order valence-corrected chi connectivity index (χ4v) is 4.39. The first-order valence-corrected chi connectivity index (χ1v) is 10.8. The summed E-state index contributed by atoms with van der Waals surface area (Å²) in [4.78, 5) is 18.1. The van der Waals surface area contributed by atoms with E-state index in [1.54, 1.807) is 0 Å². The summed E-state index contributed by atoms with van der Waals surface area (Å²) in [5, 5.41) is 9.86. The van der Waals surface area contributed by atoms with Gasteiger partial charge < -0.3 is 9.84 Å². The van der Waals surface area contributed by atoms with Crippen LogP contribution in [0.4, 0.5) is 0 Å². The lowest BCUT2D eigenvalue weighted by atomic mass is 10.0. The number of hydrogen-bond acceptors (Lipinski definition) is 5. The van der Waals surface area contributed by atoms with Gasteiger partial charge >= 0.3 is 0 Å². The van der Waals surface area contributed by atoms with E-state index >= 15 is 0 Å². The van der Waals surface area contributed by atoms with Crippen LogP contribution in [0.1, 0.15) is 50.4 Å². The zero-order chi connectivity index (χ0) is 19.7. The molecule has 146 valence electrons. The largest absolute Gasteiger partial charge is 0.343 e. The van der Waals surface area contributed by atoms with Crippen molar-refractivity contribution in [1.82, 2.24) is 15.5 Å². The Bertz CT molecular complexity index is 995. The monoisotopic (exact) mass is 415 g/mol. The van der Waals surface area contributed by atoms with Gasteiger partial charge in [0.2, 0.25) is 11.8 Å². The predicted octanol–water partition coefficient (Wildman–Crippen LogP) is 5.36. The van der Waals surface area contributed by atoms with Crippen molar-refractivity contribution < 1.29 is 9.32 Å². The fraction of sp³-hybridized carbons (Fsp3) is 0.381. The highest BCUT2D eigenvalue weighted by molar-refractivity contribution is 8.00. The van der Waals surface area contributed by atoms with Crippen LogP contribution in [0.25, 0.3) is 10.8 Å². The quantitative estimate of drug-likeness (QED) is 0.526. The molecule has 1 N–H and O–H groups in total. The number of thioether (sulfide) groups is 1. The fourth-order valence-electron chi connectivity index (χ4n) is 3.14. The van der Waals surface area contributed by atoms with Crippen molar-refractivity contribution in [2.24, 2.45) is 5.92 Å². The molecule has 1 aromatic heterocycles. The molecule has 28 heavy (non-hydrogen) atoms. The molecule has 4 rings (SSSR count). The van der Waals surface area contributed by atoms with Crippen molar-refractivity contribution in [2.45, 2.75) is 43.5 Å². The molecule has 1 atom stereocenters. The third-order valence-electron chi connectivity index (χ3n) is 4.82. The Kier molecular flexibility index (Phi) is 5.60. The van der Waals surface area contributed by atoms with E-state index in [1.807, 2.05) is 50.2 Å². The van der Waals surface area contributed by atoms with Crippen LogP contribution in [0.15, 0.2) is 45.8 Å². The second-order valence-electron chi connectivity index (χ2n) is 7.44. The Labute approximate surface area is 173 Å². The maximum absolute atomic E-state index is 12.6. The predicted molar refractivity (Wildman–Crippen MR) is 112 cm³/mol. The van der Waals surface area contributed by atoms with Crippen LogP contribution in [0.2, 0.25) is 5.02 Å². The van der Waals surface area contributed by atoms with E-state index in [0.717, 1.165) is 34.3 Å². The summed E-state index contributed by atoms with van der Waals surface area (Å²) in [7, 11) is 0. The van der Waals surface area contributed by atoms with Crippen molar-refractivity contribution in [1.29, 1.82) is 0 Å². The molecular formula is C21H22ClN3O2S. The van der Waals surface area contributed by atoms with Crippen molar-refractivity contribution in [2.75, 3.05) is 5.75 Å². The number of nitrogens with one attached hydrogen (secondary N) is 1. The lowest BCUT2D eigenvalue weighted by Crippen LogP contribution is -2.33. The molecule has 1 fully saturated rings. The summed E-state index contributed by atoms with van der Waals surface area (Å²) in [5.74, 6) is 2.04. The zero-order valence-corrected chi connectivity index (χ0v) is 17.4. The summed E-state index contributed by atoms with van der Waals surface area (Å²) in [6.07, 6.45) is 2.23. The average molecular weight is 416 g/mol. The van der Waals surface area contributed by atoms with E-state index in [0.29, 0.717) is 16.8 Å². The number of hydrogen-bond donors (Lipinski definition) is 1. The van der Waals surface area contributed by atoms with Crippen molar-refractivity contribution in [3.63, 3.8) is 0 Å². The van der Waals surface area contributed by atoms with E-state index in [4.69, 9.17) is 16.1 Å². The smallest absolute Gasteiger partial charge is 0.249 e. The molecule has 0 spiro atoms. The number of fused-ring (bicyclic) bond motifs is 1. The molecule has 1 aliphatic rings. The molecule has 0 bridgehead atoms. The summed E-state index contributed by atoms with van der Waals surface area (Å²) >= 11 is 7.85. The van der Waals surface area contributed by atoms with Crippen LogP contribution < -0.4 is 5.32 Å². The van der Waals surface area contributed by atoms with Crippen LogP contribution in [0, 0.1) is 5.92 Å². The molecule has 3 aromatic rings. The number of aromatic nitrogens is 2. The minimum Gasteiger partial charge on any atom is -0.343 e. The second-order valence-corrected chi connectivity index (χ2v) is 8.86. The topological polar surface area (TPSA) is 68.0 Å². The van der Waals surface area contributed by atoms with Crippen molar-refractivity contribution in [3.8, 4) is 0 Å². The van der Waals surface area contributed by atoms with Crippen molar-refractivity contribution in [3.05, 3.63) is 53.1 Å². The lowest BCUT2D eigenvalue weighted by Gasteiger charge is -2.18. The molecule has 1 saturated carbocycles. The first kappa shape index (κ1) is 19.3. The van der Waals surface area contributed by atoms with Gasteiger partial charge in [-0.05, 0) is 36.3 Å². The van der Waals surface area contributed by atoms with Gasteiger partial charge in [0.25, 0.3) is 0 Å². The average Bonchev–Trinajstić information content (AvgIpc) is 3.42. The first-order valence-electron chi connectivity index (χ1n) is 9.46. The van der Waals surface area contributed by atoms with Gasteiger partial charge in [-0.1, -0.05) is 54.9 Å². The third-order valence-corrected chi connectivity index (χ3v) is 6.20. The maximum atomic E-state index is 12.6. The molecule has 0 radical (unpaired) electrons. The van der Waals surface area contributed by atoms with E-state index in [2.05, 4.69) is 15.5 Å². The SMILES string of the molecule is CC(C)C(NC(=O)CSc1cccc2cccc(Cl)c12)c1nc(C2CC2)no1. The Morgan fingerprint density at radius 2 is 2.04 bits per heavy atom. The van der Waals surface area contributed by atoms with E-state index in [9.17, 15) is 4.79 Å². The van der Waals surface area contributed by atoms with Crippen LogP contribution in [-0.4, -0.2) is 21.8 Å². The molecule has 7 heteroatoms. The highest BCUT2D eigenvalue weighted by Crippen LogP contribution is 2.39. The molecule has 0 saturated heterocycles. The second kappa shape index (κ2) is 8.13. The Morgan fingerprint density at radius 3 is 2.75 bits per heavy atom. The summed E-state index contributed by atoms with van der Waals surface area (Å²) in [5.41, 5.74) is 0. The highest BCUT2D eigenvalue weighted by Gasteiger charge is 2.31. The minimum absolute atomic E-state index is 0.0704. The van der Waals surface area contributed by atoms with Gasteiger partial charge in [-0.15, -0.1) is 11.8 Å². The van der Waals surface area contributed by atoms with Gasteiger partial charge in [0.15, 0.2) is 5.82 Å². The van der Waals surface area contributed by atoms with Gasteiger partial charge in [0, 0.05) is 21.2 Å². The minimum atomic E-state index is -0.288. The molecule has 1 aliphatic carbocycles. The Hall–Kier alpha value is -2.05. The van der Waals surface area contributed by atoms with E-state index in [-0.39, 0.29) is 23.6 Å². The number of amides is 1. The number of benzene rings is 2. The molecular weight excluding hydrogens is 394 g/mol. The molecule has 5 nitrogen and oxygen atoms in total. The van der Waals surface area contributed by atoms with Gasteiger partial charge in [-0.25, -0.2) is 0 Å². The Morgan fingerprint density at radius 1 is 1.29 bits per heavy atom. The Balaban J connectivity index is 1.44. The number of carbonyl (C=O) groups excluding carboxylic acids is 1. The first-order chi connectivity index (χ1) is 13.5. The normalized spacial score (nSPS) is 15.1. The van der Waals surface area contributed by atoms with Crippen molar-refractivity contribution >= 4 is 40.0 Å². The highest BCUT2D eigenvalue weighted by atomic mass is 35.5. The molecule has 0 aliphatic heterocycles. The van der Waals surface area contributed by atoms with Crippen LogP contribution in [0.3, 0.4) is 0 Å². The maximum Gasteiger partial charge on any atom is 0.249 e. The van der Waals surface area contributed by atoms with Crippen LogP contribution in [0.5, 0.6) is 0 Å². The molecule has 1 unspecified atom stereocenters. The summed E-state index contributed by atoms with van der Waals surface area (Å²) < 4.78 is 5.43. The van der Waals surface area contributed by atoms with Gasteiger partial charge in [0.1, 0.15) is 6.04 Å². The molecule has 1 amide bonds. The third kappa shape index (κ3) is 4.18. The zero-order valence-electron chi connectivity index (χ0n) is 15.8. The van der Waals surface area contributed by atoms with Gasteiger partial charge in [-0.3, -0.25) is 4.79 Å². The summed E-state index contributed by atoms with van der Waals surface area (Å²) in [6.45, 7) is 4.06. The summed E-state index contributed by atoms with van der Waals surface area (Å²) in [6, 6.07) is 11.5. The molecule has 1 heterocycles. The van der Waals surface area contributed by atoms with Crippen LogP contribution in [-0.2, 0) is 4.79 Å². The van der Waals surface area contributed by atoms with Gasteiger partial charge in [0.05, 0.1) is 5.75 Å². The van der Waals surface area contributed by atoms with Gasteiger partial charge in [-0.2, -0.15) is 4.98 Å². The van der Waals surface area contributed by atoms with E-state index in [1.165, 1.54) is 11.8 Å². The number of nitrogens with zero attached hydrogens (tertiary/aromatic N) is 2. The van der Waals surface area contributed by atoms with E-state index < -0.39 is 0 Å².